The fourth-order valence-electron chi connectivity index (χ4n) is 0.772. The second kappa shape index (κ2) is 5.87. The molecule has 0 heteroatoms. The third kappa shape index (κ3) is 5.61. The monoisotopic (exact) mass is 125 g/mol. The molecule has 0 nitrogen and oxygen atoms in total. The molecule has 0 saturated carbocycles. The number of hydrogen-bond donors (Lipinski definition) is 0. The van der Waals surface area contributed by atoms with E-state index in [9.17, 15) is 0 Å². The Morgan fingerprint density at radius 3 is 2.67 bits per heavy atom. The molecule has 0 bridgehead atoms. The fourth-order valence-corrected chi connectivity index (χ4v) is 0.772. The first-order valence-corrected chi connectivity index (χ1v) is 3.76. The van der Waals surface area contributed by atoms with Gasteiger partial charge in [0.1, 0.15) is 0 Å². The van der Waals surface area contributed by atoms with Crippen molar-refractivity contribution in [2.45, 2.75) is 39.5 Å². The summed E-state index contributed by atoms with van der Waals surface area (Å²) in [7, 11) is 0. The average molecular weight is 125 g/mol. The van der Waals surface area contributed by atoms with E-state index in [0.717, 1.165) is 6.42 Å². The van der Waals surface area contributed by atoms with Crippen molar-refractivity contribution < 1.29 is 0 Å². The highest BCUT2D eigenvalue weighted by Crippen LogP contribution is 2.04. The van der Waals surface area contributed by atoms with Crippen molar-refractivity contribution in [3.63, 3.8) is 0 Å². The van der Waals surface area contributed by atoms with Gasteiger partial charge in [-0.2, -0.15) is 0 Å². The molecule has 0 heterocycles. The largest absolute Gasteiger partial charge is 0.0856 e. The Bertz CT molecular complexity index is 80.0. The lowest BCUT2D eigenvalue weighted by Gasteiger charge is -1.94. The molecule has 0 aliphatic carbocycles. The highest BCUT2D eigenvalue weighted by molar-refractivity contribution is 4.97. The van der Waals surface area contributed by atoms with Crippen molar-refractivity contribution in [1.29, 1.82) is 0 Å². The van der Waals surface area contributed by atoms with E-state index >= 15 is 0 Å². The summed E-state index contributed by atoms with van der Waals surface area (Å²) in [6.45, 7) is 8.18. The summed E-state index contributed by atoms with van der Waals surface area (Å²) >= 11 is 0. The van der Waals surface area contributed by atoms with Crippen LogP contribution in [0, 0.1) is 6.92 Å². The summed E-state index contributed by atoms with van der Waals surface area (Å²) in [5.41, 5.74) is 1.49. The molecule has 0 spiro atoms. The number of hydrogen-bond acceptors (Lipinski definition) is 0. The summed E-state index contributed by atoms with van der Waals surface area (Å²) < 4.78 is 0. The smallest absolute Gasteiger partial charge is 0.0323 e. The molecule has 0 amide bonds. The summed E-state index contributed by atoms with van der Waals surface area (Å²) in [5.74, 6) is 0. The van der Waals surface area contributed by atoms with Crippen molar-refractivity contribution in [2.75, 3.05) is 0 Å². The maximum Gasteiger partial charge on any atom is -0.0323 e. The molecule has 0 saturated heterocycles. The molecule has 0 aromatic heterocycles. The van der Waals surface area contributed by atoms with Gasteiger partial charge in [0.25, 0.3) is 0 Å². The Labute approximate surface area is 59.0 Å². The van der Waals surface area contributed by atoms with Crippen LogP contribution in [0.5, 0.6) is 0 Å². The van der Waals surface area contributed by atoms with Crippen LogP contribution in [-0.4, -0.2) is 0 Å². The summed E-state index contributed by atoms with van der Waals surface area (Å²) in [4.78, 5) is 0. The van der Waals surface area contributed by atoms with Gasteiger partial charge in [0.15, 0.2) is 0 Å². The number of unbranched alkanes of at least 4 members (excludes halogenated alkanes) is 1. The van der Waals surface area contributed by atoms with Gasteiger partial charge in [0.05, 0.1) is 0 Å². The normalized spacial score (nSPS) is 12.1. The minimum absolute atomic E-state index is 1.03. The van der Waals surface area contributed by atoms with Gasteiger partial charge >= 0.3 is 0 Å². The zero-order valence-electron chi connectivity index (χ0n) is 6.61. The van der Waals surface area contributed by atoms with Crippen molar-refractivity contribution >= 4 is 0 Å². The van der Waals surface area contributed by atoms with E-state index in [1.54, 1.807) is 0 Å². The van der Waals surface area contributed by atoms with Crippen LogP contribution in [0.15, 0.2) is 11.6 Å². The second-order valence-electron chi connectivity index (χ2n) is 2.44. The molecule has 0 unspecified atom stereocenters. The zero-order chi connectivity index (χ0) is 7.11. The molecule has 9 heavy (non-hydrogen) atoms. The predicted molar refractivity (Wildman–Crippen MR) is 43.3 cm³/mol. The van der Waals surface area contributed by atoms with Crippen LogP contribution >= 0.6 is 0 Å². The number of allylic oxidation sites excluding steroid dienone is 2. The molecule has 0 rings (SSSR count). The Balaban J connectivity index is 3.30. The Kier molecular flexibility index (Phi) is 5.70. The third-order valence-electron chi connectivity index (χ3n) is 1.35. The van der Waals surface area contributed by atoms with Crippen molar-refractivity contribution in [3.05, 3.63) is 18.6 Å². The van der Waals surface area contributed by atoms with Crippen molar-refractivity contribution in [3.8, 4) is 0 Å². The highest BCUT2D eigenvalue weighted by Gasteiger charge is 1.84. The minimum atomic E-state index is 1.03. The highest BCUT2D eigenvalue weighted by atomic mass is 13.9. The lowest BCUT2D eigenvalue weighted by atomic mass is 10.1. The van der Waals surface area contributed by atoms with Gasteiger partial charge in [-0.25, -0.2) is 0 Å². The standard InChI is InChI=1S/C9H17/c1-4-6-8-9(3)7-5-2/h8H,2,4-7H2,1,3H3/b9-8+. The van der Waals surface area contributed by atoms with E-state index in [1.807, 2.05) is 0 Å². The first-order chi connectivity index (χ1) is 4.31. The molecule has 53 valence electrons. The third-order valence-corrected chi connectivity index (χ3v) is 1.35. The Morgan fingerprint density at radius 1 is 1.56 bits per heavy atom. The van der Waals surface area contributed by atoms with Gasteiger partial charge in [0.2, 0.25) is 0 Å². The van der Waals surface area contributed by atoms with E-state index in [1.165, 1.54) is 24.8 Å². The zero-order valence-corrected chi connectivity index (χ0v) is 6.61. The molecule has 0 aromatic rings. The SMILES string of the molecule is [CH2]CC/C(C)=C/CCC. The van der Waals surface area contributed by atoms with E-state index in [0.29, 0.717) is 0 Å². The fraction of sp³-hybridized carbons (Fsp3) is 0.667. The maximum atomic E-state index is 3.79. The first kappa shape index (κ1) is 8.74. The van der Waals surface area contributed by atoms with Crippen LogP contribution in [0.2, 0.25) is 0 Å². The van der Waals surface area contributed by atoms with E-state index in [4.69, 9.17) is 0 Å². The lowest BCUT2D eigenvalue weighted by Crippen LogP contribution is -1.74. The predicted octanol–water partition coefficient (Wildman–Crippen LogP) is 3.35. The molecular formula is C9H17. The molecule has 0 aliphatic heterocycles. The minimum Gasteiger partial charge on any atom is -0.0856 e. The van der Waals surface area contributed by atoms with Crippen molar-refractivity contribution in [1.82, 2.24) is 0 Å². The van der Waals surface area contributed by atoms with Gasteiger partial charge < -0.3 is 0 Å². The van der Waals surface area contributed by atoms with Gasteiger partial charge in [-0.1, -0.05) is 31.9 Å². The molecule has 0 N–H and O–H groups in total. The van der Waals surface area contributed by atoms with Crippen LogP contribution in [-0.2, 0) is 0 Å². The molecule has 0 fully saturated rings. The quantitative estimate of drug-likeness (QED) is 0.505. The van der Waals surface area contributed by atoms with Gasteiger partial charge in [-0.15, -0.1) is 0 Å². The molecule has 0 aliphatic rings. The van der Waals surface area contributed by atoms with Crippen LogP contribution in [0.25, 0.3) is 0 Å². The van der Waals surface area contributed by atoms with E-state index in [-0.39, 0.29) is 0 Å². The van der Waals surface area contributed by atoms with Crippen molar-refractivity contribution in [2.24, 2.45) is 0 Å². The Morgan fingerprint density at radius 2 is 2.22 bits per heavy atom. The summed E-state index contributed by atoms with van der Waals surface area (Å²) in [5, 5.41) is 0. The van der Waals surface area contributed by atoms with Crippen LogP contribution in [0.4, 0.5) is 0 Å². The molecule has 0 atom stereocenters. The van der Waals surface area contributed by atoms with Gasteiger partial charge in [0, 0.05) is 0 Å². The van der Waals surface area contributed by atoms with Gasteiger partial charge in [-0.3, -0.25) is 0 Å². The topological polar surface area (TPSA) is 0 Å². The van der Waals surface area contributed by atoms with E-state index < -0.39 is 0 Å². The van der Waals surface area contributed by atoms with Crippen LogP contribution in [0.1, 0.15) is 39.5 Å². The second-order valence-corrected chi connectivity index (χ2v) is 2.44. The Hall–Kier alpha value is -0.260. The molecule has 1 radical (unpaired) electrons. The molecule has 0 aromatic carbocycles. The van der Waals surface area contributed by atoms with Crippen LogP contribution in [0.3, 0.4) is 0 Å². The first-order valence-electron chi connectivity index (χ1n) is 3.76. The average Bonchev–Trinajstić information content (AvgIpc) is 1.85. The van der Waals surface area contributed by atoms with E-state index in [2.05, 4.69) is 26.8 Å². The summed E-state index contributed by atoms with van der Waals surface area (Å²) in [6.07, 6.45) is 7.00. The number of rotatable bonds is 4. The van der Waals surface area contributed by atoms with Crippen LogP contribution < -0.4 is 0 Å². The maximum absolute atomic E-state index is 3.79. The lowest BCUT2D eigenvalue weighted by molar-refractivity contribution is 0.910. The van der Waals surface area contributed by atoms with Gasteiger partial charge in [-0.05, 0) is 26.2 Å². The molecular weight excluding hydrogens is 108 g/mol. The summed E-state index contributed by atoms with van der Waals surface area (Å²) in [6, 6.07) is 0.